The SMILES string of the molecule is COC(=O)c1ccc(Cl)c(NC(=O)/C(=C/c2ccccc2)c2ccccc2)c1. The quantitative estimate of drug-likeness (QED) is 0.364. The second-order valence-corrected chi connectivity index (χ2v) is 6.38. The molecule has 0 saturated heterocycles. The van der Waals surface area contributed by atoms with Gasteiger partial charge >= 0.3 is 5.97 Å². The molecule has 0 fully saturated rings. The van der Waals surface area contributed by atoms with Crippen molar-refractivity contribution in [1.82, 2.24) is 0 Å². The highest BCUT2D eigenvalue weighted by Gasteiger charge is 2.16. The van der Waals surface area contributed by atoms with Gasteiger partial charge in [-0.3, -0.25) is 4.79 Å². The molecule has 140 valence electrons. The molecule has 0 radical (unpaired) electrons. The number of methoxy groups -OCH3 is 1. The summed E-state index contributed by atoms with van der Waals surface area (Å²) in [6.07, 6.45) is 1.81. The normalized spacial score (nSPS) is 11.0. The van der Waals surface area contributed by atoms with Crippen LogP contribution in [-0.2, 0) is 9.53 Å². The molecule has 3 rings (SSSR count). The number of rotatable bonds is 5. The summed E-state index contributed by atoms with van der Waals surface area (Å²) >= 11 is 6.21. The number of halogens is 1. The summed E-state index contributed by atoms with van der Waals surface area (Å²) in [6.45, 7) is 0. The molecular formula is C23H18ClNO3. The lowest BCUT2D eigenvalue weighted by molar-refractivity contribution is -0.111. The van der Waals surface area contributed by atoms with E-state index in [0.717, 1.165) is 11.1 Å². The topological polar surface area (TPSA) is 55.4 Å². The third-order valence-corrected chi connectivity index (χ3v) is 4.41. The Bertz CT molecular complexity index is 1010. The van der Waals surface area contributed by atoms with Gasteiger partial charge in [-0.15, -0.1) is 0 Å². The van der Waals surface area contributed by atoms with Crippen molar-refractivity contribution in [2.45, 2.75) is 0 Å². The molecule has 5 heteroatoms. The maximum absolute atomic E-state index is 13.1. The number of nitrogens with one attached hydrogen (secondary N) is 1. The van der Waals surface area contributed by atoms with E-state index >= 15 is 0 Å². The predicted octanol–water partition coefficient (Wildman–Crippen LogP) is 5.31. The lowest BCUT2D eigenvalue weighted by Gasteiger charge is -2.12. The Morgan fingerprint density at radius 2 is 1.54 bits per heavy atom. The Labute approximate surface area is 168 Å². The molecule has 3 aromatic rings. The van der Waals surface area contributed by atoms with Gasteiger partial charge in [0, 0.05) is 5.57 Å². The van der Waals surface area contributed by atoms with Crippen molar-refractivity contribution in [3.8, 4) is 0 Å². The number of carbonyl (C=O) groups is 2. The predicted molar refractivity (Wildman–Crippen MR) is 112 cm³/mol. The lowest BCUT2D eigenvalue weighted by atomic mass is 10.0. The van der Waals surface area contributed by atoms with Gasteiger partial charge in [0.15, 0.2) is 0 Å². The molecule has 1 N–H and O–H groups in total. The van der Waals surface area contributed by atoms with Crippen molar-refractivity contribution in [1.29, 1.82) is 0 Å². The standard InChI is InChI=1S/C23H18ClNO3/c1-28-23(27)18-12-13-20(24)21(15-18)25-22(26)19(17-10-6-3-7-11-17)14-16-8-4-2-5-9-16/h2-15H,1H3,(H,25,26)/b19-14+. The van der Waals surface area contributed by atoms with Crippen molar-refractivity contribution < 1.29 is 14.3 Å². The molecule has 0 spiro atoms. The van der Waals surface area contributed by atoms with Crippen LogP contribution in [0.15, 0.2) is 78.9 Å². The average Bonchev–Trinajstić information content (AvgIpc) is 2.74. The lowest BCUT2D eigenvalue weighted by Crippen LogP contribution is -2.14. The van der Waals surface area contributed by atoms with Crippen LogP contribution in [0.1, 0.15) is 21.5 Å². The van der Waals surface area contributed by atoms with Crippen LogP contribution in [0, 0.1) is 0 Å². The number of carbonyl (C=O) groups excluding carboxylic acids is 2. The van der Waals surface area contributed by atoms with Crippen molar-refractivity contribution in [3.63, 3.8) is 0 Å². The fourth-order valence-corrected chi connectivity index (χ4v) is 2.83. The molecule has 3 aromatic carbocycles. The van der Waals surface area contributed by atoms with Crippen LogP contribution < -0.4 is 5.32 Å². The number of hydrogen-bond donors (Lipinski definition) is 1. The first-order valence-electron chi connectivity index (χ1n) is 8.60. The van der Waals surface area contributed by atoms with E-state index in [-0.39, 0.29) is 5.91 Å². The largest absolute Gasteiger partial charge is 0.465 e. The van der Waals surface area contributed by atoms with Gasteiger partial charge in [0.2, 0.25) is 0 Å². The molecule has 0 heterocycles. The number of ether oxygens (including phenoxy) is 1. The van der Waals surface area contributed by atoms with E-state index in [1.807, 2.05) is 66.7 Å². The van der Waals surface area contributed by atoms with Gasteiger partial charge in [-0.1, -0.05) is 72.3 Å². The summed E-state index contributed by atoms with van der Waals surface area (Å²) in [5.74, 6) is -0.839. The van der Waals surface area contributed by atoms with E-state index in [1.54, 1.807) is 12.1 Å². The second-order valence-electron chi connectivity index (χ2n) is 5.98. The van der Waals surface area contributed by atoms with E-state index in [1.165, 1.54) is 13.2 Å². The number of amides is 1. The van der Waals surface area contributed by atoms with Gasteiger partial charge < -0.3 is 10.1 Å². The molecule has 28 heavy (non-hydrogen) atoms. The Morgan fingerprint density at radius 1 is 0.893 bits per heavy atom. The van der Waals surface area contributed by atoms with Crippen molar-refractivity contribution in [2.24, 2.45) is 0 Å². The van der Waals surface area contributed by atoms with Crippen LogP contribution in [0.2, 0.25) is 5.02 Å². The van der Waals surface area contributed by atoms with Crippen LogP contribution in [0.4, 0.5) is 5.69 Å². The summed E-state index contributed by atoms with van der Waals surface area (Å²) in [6, 6.07) is 23.5. The monoisotopic (exact) mass is 391 g/mol. The van der Waals surface area contributed by atoms with Gasteiger partial charge in [0.05, 0.1) is 23.4 Å². The summed E-state index contributed by atoms with van der Waals surface area (Å²) in [5, 5.41) is 3.13. The van der Waals surface area contributed by atoms with Crippen molar-refractivity contribution in [2.75, 3.05) is 12.4 Å². The van der Waals surface area contributed by atoms with Gasteiger partial charge in [-0.05, 0) is 35.4 Å². The number of hydrogen-bond acceptors (Lipinski definition) is 3. The molecule has 0 unspecified atom stereocenters. The summed E-state index contributed by atoms with van der Waals surface area (Å²) in [7, 11) is 1.30. The minimum absolute atomic E-state index is 0.301. The van der Waals surface area contributed by atoms with Gasteiger partial charge in [-0.2, -0.15) is 0 Å². The second kappa shape index (κ2) is 9.02. The van der Waals surface area contributed by atoms with Crippen molar-refractivity contribution >= 4 is 40.8 Å². The molecule has 0 saturated carbocycles. The van der Waals surface area contributed by atoms with E-state index in [4.69, 9.17) is 16.3 Å². The maximum Gasteiger partial charge on any atom is 0.337 e. The fraction of sp³-hybridized carbons (Fsp3) is 0.0435. The highest BCUT2D eigenvalue weighted by molar-refractivity contribution is 6.36. The first-order chi connectivity index (χ1) is 13.6. The molecule has 0 aliphatic rings. The Kier molecular flexibility index (Phi) is 6.25. The highest BCUT2D eigenvalue weighted by Crippen LogP contribution is 2.26. The van der Waals surface area contributed by atoms with E-state index in [9.17, 15) is 9.59 Å². The zero-order valence-electron chi connectivity index (χ0n) is 15.2. The summed E-state index contributed by atoms with van der Waals surface area (Å²) < 4.78 is 4.73. The summed E-state index contributed by atoms with van der Waals surface area (Å²) in [4.78, 5) is 24.8. The molecule has 0 aliphatic carbocycles. The van der Waals surface area contributed by atoms with E-state index < -0.39 is 5.97 Å². The van der Waals surface area contributed by atoms with E-state index in [2.05, 4.69) is 5.32 Å². The van der Waals surface area contributed by atoms with Crippen LogP contribution in [0.25, 0.3) is 11.6 Å². The zero-order valence-corrected chi connectivity index (χ0v) is 15.9. The highest BCUT2D eigenvalue weighted by atomic mass is 35.5. The molecule has 4 nitrogen and oxygen atoms in total. The first kappa shape index (κ1) is 19.4. The zero-order chi connectivity index (χ0) is 19.9. The molecule has 0 aromatic heterocycles. The van der Waals surface area contributed by atoms with Gasteiger partial charge in [0.25, 0.3) is 5.91 Å². The van der Waals surface area contributed by atoms with Crippen LogP contribution in [0.3, 0.4) is 0 Å². The molecule has 0 atom stereocenters. The average molecular weight is 392 g/mol. The van der Waals surface area contributed by atoms with Gasteiger partial charge in [-0.25, -0.2) is 4.79 Å². The minimum Gasteiger partial charge on any atom is -0.465 e. The smallest absolute Gasteiger partial charge is 0.337 e. The third kappa shape index (κ3) is 4.67. The number of anilines is 1. The number of esters is 1. The fourth-order valence-electron chi connectivity index (χ4n) is 2.67. The van der Waals surface area contributed by atoms with Crippen LogP contribution in [-0.4, -0.2) is 19.0 Å². The number of benzene rings is 3. The molecule has 0 bridgehead atoms. The molecule has 0 aliphatic heterocycles. The van der Waals surface area contributed by atoms with E-state index in [0.29, 0.717) is 21.8 Å². The Balaban J connectivity index is 1.97. The molecule has 1 amide bonds. The van der Waals surface area contributed by atoms with Crippen LogP contribution in [0.5, 0.6) is 0 Å². The summed E-state index contributed by atoms with van der Waals surface area (Å²) in [5.41, 5.74) is 2.78. The first-order valence-corrected chi connectivity index (χ1v) is 8.97. The van der Waals surface area contributed by atoms with Crippen LogP contribution >= 0.6 is 11.6 Å². The Morgan fingerprint density at radius 3 is 2.18 bits per heavy atom. The van der Waals surface area contributed by atoms with Gasteiger partial charge in [0.1, 0.15) is 0 Å². The maximum atomic E-state index is 13.1. The third-order valence-electron chi connectivity index (χ3n) is 4.08. The Hall–Kier alpha value is -3.37. The van der Waals surface area contributed by atoms with Crippen molar-refractivity contribution in [3.05, 3.63) is 101 Å². The minimum atomic E-state index is -0.504. The molecular weight excluding hydrogens is 374 g/mol.